The van der Waals surface area contributed by atoms with Crippen LogP contribution in [0.5, 0.6) is 0 Å². The van der Waals surface area contributed by atoms with E-state index in [1.165, 1.54) is 44.9 Å². The molecule has 0 radical (unpaired) electrons. The number of hydrogen-bond acceptors (Lipinski definition) is 3. The molecule has 1 spiro atoms. The Labute approximate surface area is 111 Å². The van der Waals surface area contributed by atoms with E-state index in [0.29, 0.717) is 18.8 Å². The zero-order valence-corrected chi connectivity index (χ0v) is 11.8. The molecule has 1 saturated carbocycles. The van der Waals surface area contributed by atoms with E-state index in [0.717, 1.165) is 19.4 Å². The van der Waals surface area contributed by atoms with E-state index < -0.39 is 0 Å². The van der Waals surface area contributed by atoms with Crippen molar-refractivity contribution < 1.29 is 9.84 Å². The third-order valence-electron chi connectivity index (χ3n) is 4.59. The van der Waals surface area contributed by atoms with Gasteiger partial charge in [-0.3, -0.25) is 0 Å². The summed E-state index contributed by atoms with van der Waals surface area (Å²) in [5.41, 5.74) is 0.249. The molecule has 0 bridgehead atoms. The van der Waals surface area contributed by atoms with E-state index in [-0.39, 0.29) is 5.60 Å². The summed E-state index contributed by atoms with van der Waals surface area (Å²) in [6.07, 6.45) is 11.5. The maximum Gasteiger partial charge on any atom is 0.0708 e. The Morgan fingerprint density at radius 1 is 1.28 bits per heavy atom. The van der Waals surface area contributed by atoms with Crippen LogP contribution < -0.4 is 5.32 Å². The van der Waals surface area contributed by atoms with E-state index in [1.54, 1.807) is 0 Å². The predicted molar refractivity (Wildman–Crippen MR) is 73.7 cm³/mol. The van der Waals surface area contributed by atoms with Crippen LogP contribution in [-0.4, -0.2) is 36.0 Å². The van der Waals surface area contributed by atoms with E-state index in [4.69, 9.17) is 9.84 Å². The smallest absolute Gasteiger partial charge is 0.0708 e. The van der Waals surface area contributed by atoms with Crippen LogP contribution in [0.15, 0.2) is 0 Å². The molecule has 2 atom stereocenters. The molecule has 1 aliphatic carbocycles. The molecule has 1 heterocycles. The summed E-state index contributed by atoms with van der Waals surface area (Å²) in [6, 6.07) is 0.489. The van der Waals surface area contributed by atoms with Crippen molar-refractivity contribution in [2.45, 2.75) is 82.5 Å². The number of aliphatic hydroxyl groups excluding tert-OH is 1. The fourth-order valence-electron chi connectivity index (χ4n) is 3.44. The maximum absolute atomic E-state index is 8.81. The highest BCUT2D eigenvalue weighted by atomic mass is 16.5. The van der Waals surface area contributed by atoms with Gasteiger partial charge >= 0.3 is 0 Å². The van der Waals surface area contributed by atoms with Crippen LogP contribution in [0.25, 0.3) is 0 Å². The maximum atomic E-state index is 8.81. The molecule has 106 valence electrons. The minimum Gasteiger partial charge on any atom is -0.396 e. The molecule has 0 aromatic heterocycles. The van der Waals surface area contributed by atoms with Crippen molar-refractivity contribution in [3.05, 3.63) is 0 Å². The molecule has 2 fully saturated rings. The van der Waals surface area contributed by atoms with Crippen molar-refractivity contribution in [1.29, 1.82) is 0 Å². The van der Waals surface area contributed by atoms with Crippen LogP contribution in [0.1, 0.15) is 64.7 Å². The van der Waals surface area contributed by atoms with Crippen LogP contribution in [0.3, 0.4) is 0 Å². The van der Waals surface area contributed by atoms with Gasteiger partial charge in [-0.05, 0) is 45.4 Å². The van der Waals surface area contributed by atoms with Crippen molar-refractivity contribution >= 4 is 0 Å². The monoisotopic (exact) mass is 255 g/mol. The van der Waals surface area contributed by atoms with Gasteiger partial charge in [-0.2, -0.15) is 0 Å². The molecule has 3 nitrogen and oxygen atoms in total. The first-order chi connectivity index (χ1) is 8.74. The lowest BCUT2D eigenvalue weighted by Crippen LogP contribution is -2.37. The van der Waals surface area contributed by atoms with Gasteiger partial charge in [-0.15, -0.1) is 0 Å². The van der Waals surface area contributed by atoms with Gasteiger partial charge in [0.1, 0.15) is 0 Å². The van der Waals surface area contributed by atoms with Crippen LogP contribution in [0.4, 0.5) is 0 Å². The Balaban J connectivity index is 1.66. The molecular formula is C15H29NO2. The van der Waals surface area contributed by atoms with Gasteiger partial charge in [0, 0.05) is 19.2 Å². The standard InChI is InChI=1S/C15H29NO2/c1-13(6-5-11-17)16-12-14-7-10-15(18-14)8-3-2-4-9-15/h13-14,16-17H,2-12H2,1H3. The highest BCUT2D eigenvalue weighted by Gasteiger charge is 2.40. The molecule has 0 amide bonds. The lowest BCUT2D eigenvalue weighted by molar-refractivity contribution is -0.0629. The van der Waals surface area contributed by atoms with Gasteiger partial charge in [0.15, 0.2) is 0 Å². The first-order valence-corrected chi connectivity index (χ1v) is 7.76. The molecule has 18 heavy (non-hydrogen) atoms. The zero-order chi connectivity index (χ0) is 12.8. The number of hydrogen-bond donors (Lipinski definition) is 2. The average molecular weight is 255 g/mol. The van der Waals surface area contributed by atoms with E-state index in [2.05, 4.69) is 12.2 Å². The molecule has 2 unspecified atom stereocenters. The fraction of sp³-hybridized carbons (Fsp3) is 1.00. The van der Waals surface area contributed by atoms with Crippen molar-refractivity contribution in [2.24, 2.45) is 0 Å². The highest BCUT2D eigenvalue weighted by molar-refractivity contribution is 4.91. The van der Waals surface area contributed by atoms with Gasteiger partial charge < -0.3 is 15.2 Å². The van der Waals surface area contributed by atoms with Crippen molar-refractivity contribution in [2.75, 3.05) is 13.2 Å². The largest absolute Gasteiger partial charge is 0.396 e. The topological polar surface area (TPSA) is 41.5 Å². The number of ether oxygens (including phenoxy) is 1. The number of aliphatic hydroxyl groups is 1. The van der Waals surface area contributed by atoms with E-state index in [9.17, 15) is 0 Å². The molecule has 0 aromatic rings. The first-order valence-electron chi connectivity index (χ1n) is 7.76. The van der Waals surface area contributed by atoms with E-state index in [1.807, 2.05) is 0 Å². The third-order valence-corrected chi connectivity index (χ3v) is 4.59. The minimum atomic E-state index is 0.249. The summed E-state index contributed by atoms with van der Waals surface area (Å²) in [6.45, 7) is 3.48. The summed E-state index contributed by atoms with van der Waals surface area (Å²) in [4.78, 5) is 0. The highest BCUT2D eigenvalue weighted by Crippen LogP contribution is 2.41. The van der Waals surface area contributed by atoms with Crippen LogP contribution in [0, 0.1) is 0 Å². The molecular weight excluding hydrogens is 226 g/mol. The van der Waals surface area contributed by atoms with Crippen LogP contribution in [0.2, 0.25) is 0 Å². The van der Waals surface area contributed by atoms with Crippen molar-refractivity contribution in [3.63, 3.8) is 0 Å². The normalized spacial score (nSPS) is 28.7. The Morgan fingerprint density at radius 2 is 2.06 bits per heavy atom. The van der Waals surface area contributed by atoms with Gasteiger partial charge in [0.25, 0.3) is 0 Å². The average Bonchev–Trinajstić information content (AvgIpc) is 2.78. The lowest BCUT2D eigenvalue weighted by atomic mass is 9.83. The van der Waals surface area contributed by atoms with Gasteiger partial charge in [-0.25, -0.2) is 0 Å². The van der Waals surface area contributed by atoms with E-state index >= 15 is 0 Å². The summed E-state index contributed by atoms with van der Waals surface area (Å²) in [5.74, 6) is 0. The molecule has 2 rings (SSSR count). The van der Waals surface area contributed by atoms with Gasteiger partial charge in [0.2, 0.25) is 0 Å². The second-order valence-electron chi connectivity index (χ2n) is 6.20. The summed E-state index contributed by atoms with van der Waals surface area (Å²) in [5, 5.41) is 12.4. The molecule has 2 N–H and O–H groups in total. The van der Waals surface area contributed by atoms with Crippen molar-refractivity contribution in [1.82, 2.24) is 5.32 Å². The Morgan fingerprint density at radius 3 is 2.78 bits per heavy atom. The van der Waals surface area contributed by atoms with Gasteiger partial charge in [-0.1, -0.05) is 19.3 Å². The quantitative estimate of drug-likeness (QED) is 0.766. The fourth-order valence-corrected chi connectivity index (χ4v) is 3.44. The Bertz CT molecular complexity index is 239. The van der Waals surface area contributed by atoms with Crippen LogP contribution >= 0.6 is 0 Å². The number of rotatable bonds is 6. The molecule has 0 aromatic carbocycles. The molecule has 1 saturated heterocycles. The van der Waals surface area contributed by atoms with Gasteiger partial charge in [0.05, 0.1) is 11.7 Å². The summed E-state index contributed by atoms with van der Waals surface area (Å²) in [7, 11) is 0. The lowest BCUT2D eigenvalue weighted by Gasteiger charge is -2.33. The number of nitrogens with one attached hydrogen (secondary N) is 1. The Hall–Kier alpha value is -0.120. The third kappa shape index (κ3) is 3.94. The summed E-state index contributed by atoms with van der Waals surface area (Å²) >= 11 is 0. The molecule has 1 aliphatic heterocycles. The minimum absolute atomic E-state index is 0.249. The van der Waals surface area contributed by atoms with Crippen LogP contribution in [-0.2, 0) is 4.74 Å². The SMILES string of the molecule is CC(CCCO)NCC1CCC2(CCCCC2)O1. The Kier molecular flexibility index (Phi) is 5.46. The zero-order valence-electron chi connectivity index (χ0n) is 11.8. The molecule has 3 heteroatoms. The molecule has 2 aliphatic rings. The second kappa shape index (κ2) is 6.88. The van der Waals surface area contributed by atoms with Crippen molar-refractivity contribution in [3.8, 4) is 0 Å². The predicted octanol–water partition coefficient (Wildman–Crippen LogP) is 2.62. The first kappa shape index (κ1) is 14.3. The second-order valence-corrected chi connectivity index (χ2v) is 6.20. The summed E-state index contributed by atoms with van der Waals surface area (Å²) < 4.78 is 6.33.